The van der Waals surface area contributed by atoms with Crippen LogP contribution < -0.4 is 5.56 Å². The van der Waals surface area contributed by atoms with Gasteiger partial charge in [-0.15, -0.1) is 0 Å². The Morgan fingerprint density at radius 2 is 2.00 bits per heavy atom. The summed E-state index contributed by atoms with van der Waals surface area (Å²) in [5.74, 6) is 0.0844. The first kappa shape index (κ1) is 17.3. The quantitative estimate of drug-likeness (QED) is 0.910. The van der Waals surface area contributed by atoms with E-state index in [1.165, 1.54) is 31.4 Å². The van der Waals surface area contributed by atoms with E-state index in [0.717, 1.165) is 30.4 Å². The fourth-order valence-electron chi connectivity index (χ4n) is 4.10. The Bertz CT molecular complexity index is 859. The molecule has 1 fully saturated rings. The van der Waals surface area contributed by atoms with Crippen LogP contribution in [0, 0.1) is 11.6 Å². The second-order valence-electron chi connectivity index (χ2n) is 7.41. The fourth-order valence-corrected chi connectivity index (χ4v) is 4.10. The van der Waals surface area contributed by atoms with Crippen LogP contribution in [0.2, 0.25) is 0 Å². The predicted molar refractivity (Wildman–Crippen MR) is 94.9 cm³/mol. The molecule has 2 aromatic rings. The minimum atomic E-state index is -0.578. The molecule has 2 heterocycles. The van der Waals surface area contributed by atoms with E-state index >= 15 is 0 Å². The molecule has 0 spiro atoms. The number of rotatable bonds is 3. The van der Waals surface area contributed by atoms with Gasteiger partial charge in [0.05, 0.1) is 11.3 Å². The summed E-state index contributed by atoms with van der Waals surface area (Å²) in [4.78, 5) is 22.4. The van der Waals surface area contributed by atoms with Crippen molar-refractivity contribution in [3.63, 3.8) is 0 Å². The lowest BCUT2D eigenvalue weighted by molar-refractivity contribution is 0.237. The molecule has 0 bridgehead atoms. The van der Waals surface area contributed by atoms with Gasteiger partial charge in [0.2, 0.25) is 0 Å². The van der Waals surface area contributed by atoms with Gasteiger partial charge in [0.1, 0.15) is 17.5 Å². The molecule has 6 heteroatoms. The standard InChI is InChI=1S/C20H23F2N3O/c21-15-7-6-14(17(22)10-15)11-25-9-8-18-16(12-25)20(26)24-19(23-18)13-4-2-1-3-5-13/h6-7,10,13H,1-5,8-9,11-12H2,(H,23,24,26). The first-order chi connectivity index (χ1) is 12.6. The highest BCUT2D eigenvalue weighted by atomic mass is 19.1. The molecule has 2 aliphatic rings. The highest BCUT2D eigenvalue weighted by Crippen LogP contribution is 2.30. The van der Waals surface area contributed by atoms with E-state index in [-0.39, 0.29) is 5.56 Å². The normalized spacial score (nSPS) is 18.7. The van der Waals surface area contributed by atoms with Crippen LogP contribution in [0.25, 0.3) is 0 Å². The Balaban J connectivity index is 1.52. The average Bonchev–Trinajstić information content (AvgIpc) is 2.65. The van der Waals surface area contributed by atoms with Crippen molar-refractivity contribution in [2.45, 2.75) is 57.5 Å². The van der Waals surface area contributed by atoms with Gasteiger partial charge in [0, 0.05) is 43.6 Å². The fraction of sp³-hybridized carbons (Fsp3) is 0.500. The van der Waals surface area contributed by atoms with E-state index in [1.54, 1.807) is 0 Å². The maximum absolute atomic E-state index is 13.9. The van der Waals surface area contributed by atoms with E-state index in [1.807, 2.05) is 4.90 Å². The lowest BCUT2D eigenvalue weighted by Gasteiger charge is -2.29. The van der Waals surface area contributed by atoms with Gasteiger partial charge in [-0.3, -0.25) is 9.69 Å². The summed E-state index contributed by atoms with van der Waals surface area (Å²) >= 11 is 0. The van der Waals surface area contributed by atoms with Gasteiger partial charge in [0.25, 0.3) is 5.56 Å². The third kappa shape index (κ3) is 3.56. The number of hydrogen-bond acceptors (Lipinski definition) is 3. The molecule has 138 valence electrons. The largest absolute Gasteiger partial charge is 0.310 e. The second kappa shape index (κ2) is 7.27. The average molecular weight is 359 g/mol. The van der Waals surface area contributed by atoms with Crippen LogP contribution in [0.5, 0.6) is 0 Å². The van der Waals surface area contributed by atoms with Crippen LogP contribution in [0.1, 0.15) is 60.7 Å². The van der Waals surface area contributed by atoms with Crippen LogP contribution in [0.4, 0.5) is 8.78 Å². The summed E-state index contributed by atoms with van der Waals surface area (Å²) in [6, 6.07) is 3.63. The van der Waals surface area contributed by atoms with Gasteiger partial charge in [0.15, 0.2) is 0 Å². The van der Waals surface area contributed by atoms with Crippen molar-refractivity contribution in [1.29, 1.82) is 0 Å². The Morgan fingerprint density at radius 1 is 1.19 bits per heavy atom. The highest BCUT2D eigenvalue weighted by molar-refractivity contribution is 5.23. The zero-order chi connectivity index (χ0) is 18.1. The van der Waals surface area contributed by atoms with E-state index < -0.39 is 11.6 Å². The lowest BCUT2D eigenvalue weighted by atomic mass is 9.88. The monoisotopic (exact) mass is 359 g/mol. The molecule has 1 aromatic heterocycles. The van der Waals surface area contributed by atoms with Gasteiger partial charge < -0.3 is 4.98 Å². The number of aromatic amines is 1. The van der Waals surface area contributed by atoms with Crippen LogP contribution in [-0.2, 0) is 19.5 Å². The molecular weight excluding hydrogens is 336 g/mol. The van der Waals surface area contributed by atoms with Crippen molar-refractivity contribution in [2.24, 2.45) is 0 Å². The van der Waals surface area contributed by atoms with Crippen molar-refractivity contribution < 1.29 is 8.78 Å². The molecule has 0 unspecified atom stereocenters. The van der Waals surface area contributed by atoms with Gasteiger partial charge in [-0.1, -0.05) is 25.3 Å². The summed E-state index contributed by atoms with van der Waals surface area (Å²) in [7, 11) is 0. The molecule has 1 aliphatic heterocycles. The Kier molecular flexibility index (Phi) is 4.85. The van der Waals surface area contributed by atoms with Gasteiger partial charge >= 0.3 is 0 Å². The maximum atomic E-state index is 13.9. The number of H-pyrrole nitrogens is 1. The molecule has 4 nitrogen and oxygen atoms in total. The topological polar surface area (TPSA) is 49.0 Å². The molecule has 0 atom stereocenters. The minimum absolute atomic E-state index is 0.0696. The highest BCUT2D eigenvalue weighted by Gasteiger charge is 2.25. The number of nitrogens with zero attached hydrogens (tertiary/aromatic N) is 2. The minimum Gasteiger partial charge on any atom is -0.310 e. The Labute approximate surface area is 151 Å². The SMILES string of the molecule is O=c1[nH]c(C2CCCCC2)nc2c1CN(Cc1ccc(F)cc1F)CC2. The zero-order valence-corrected chi connectivity index (χ0v) is 14.7. The zero-order valence-electron chi connectivity index (χ0n) is 14.7. The van der Waals surface area contributed by atoms with Crippen LogP contribution in [0.3, 0.4) is 0 Å². The van der Waals surface area contributed by atoms with Gasteiger partial charge in [-0.25, -0.2) is 13.8 Å². The first-order valence-electron chi connectivity index (χ1n) is 9.38. The molecule has 1 N–H and O–H groups in total. The van der Waals surface area contributed by atoms with Crippen molar-refractivity contribution in [3.05, 3.63) is 62.8 Å². The van der Waals surface area contributed by atoms with Gasteiger partial charge in [-0.2, -0.15) is 0 Å². The Hall–Kier alpha value is -2.08. The third-order valence-electron chi connectivity index (χ3n) is 5.57. The molecule has 0 saturated heterocycles. The molecule has 0 amide bonds. The number of aromatic nitrogens is 2. The third-order valence-corrected chi connectivity index (χ3v) is 5.57. The molecule has 26 heavy (non-hydrogen) atoms. The number of fused-ring (bicyclic) bond motifs is 1. The number of nitrogens with one attached hydrogen (secondary N) is 1. The summed E-state index contributed by atoms with van der Waals surface area (Å²) < 4.78 is 27.0. The number of benzene rings is 1. The molecule has 0 radical (unpaired) electrons. The van der Waals surface area contributed by atoms with Crippen molar-refractivity contribution >= 4 is 0 Å². The summed E-state index contributed by atoms with van der Waals surface area (Å²) in [5, 5.41) is 0. The summed E-state index contributed by atoms with van der Waals surface area (Å²) in [6.07, 6.45) is 6.53. The molecular formula is C20H23F2N3O. The molecule has 4 rings (SSSR count). The maximum Gasteiger partial charge on any atom is 0.255 e. The molecule has 1 aliphatic carbocycles. The number of hydrogen-bond donors (Lipinski definition) is 1. The summed E-state index contributed by atoms with van der Waals surface area (Å²) in [6.45, 7) is 1.51. The van der Waals surface area contributed by atoms with Crippen molar-refractivity contribution in [3.8, 4) is 0 Å². The molecule has 1 saturated carbocycles. The predicted octanol–water partition coefficient (Wildman–Crippen LogP) is 3.65. The molecule has 1 aromatic carbocycles. The number of halogens is 2. The second-order valence-corrected chi connectivity index (χ2v) is 7.41. The van der Waals surface area contributed by atoms with E-state index in [0.29, 0.717) is 43.1 Å². The van der Waals surface area contributed by atoms with Crippen LogP contribution >= 0.6 is 0 Å². The van der Waals surface area contributed by atoms with E-state index in [4.69, 9.17) is 4.98 Å². The van der Waals surface area contributed by atoms with Crippen molar-refractivity contribution in [1.82, 2.24) is 14.9 Å². The smallest absolute Gasteiger partial charge is 0.255 e. The first-order valence-corrected chi connectivity index (χ1v) is 9.38. The Morgan fingerprint density at radius 3 is 2.77 bits per heavy atom. The lowest BCUT2D eigenvalue weighted by Crippen LogP contribution is -2.36. The van der Waals surface area contributed by atoms with E-state index in [2.05, 4.69) is 4.98 Å². The summed E-state index contributed by atoms with van der Waals surface area (Å²) in [5.41, 5.74) is 1.93. The van der Waals surface area contributed by atoms with Crippen LogP contribution in [-0.4, -0.2) is 21.4 Å². The van der Waals surface area contributed by atoms with E-state index in [9.17, 15) is 13.6 Å². The van der Waals surface area contributed by atoms with Gasteiger partial charge in [-0.05, 0) is 18.9 Å². The van der Waals surface area contributed by atoms with Crippen LogP contribution in [0.15, 0.2) is 23.0 Å². The van der Waals surface area contributed by atoms with Crippen molar-refractivity contribution in [2.75, 3.05) is 6.54 Å².